The average molecular weight is 374 g/mol. The van der Waals surface area contributed by atoms with Crippen molar-refractivity contribution in [1.82, 2.24) is 5.16 Å². The zero-order valence-electron chi connectivity index (χ0n) is 13.2. The summed E-state index contributed by atoms with van der Waals surface area (Å²) in [5.41, 5.74) is 0.592. The minimum atomic E-state index is -0.711. The molecular weight excluding hydrogens is 362 g/mol. The summed E-state index contributed by atoms with van der Waals surface area (Å²) in [7, 11) is 0. The van der Waals surface area contributed by atoms with Gasteiger partial charge in [0.25, 0.3) is 17.5 Å². The smallest absolute Gasteiger partial charge is 0.294 e. The predicted octanol–water partition coefficient (Wildman–Crippen LogP) is 4.07. The first-order chi connectivity index (χ1) is 12.5. The number of carbonyl (C=O) groups excluding carboxylic acids is 1. The molecule has 0 bridgehead atoms. The van der Waals surface area contributed by atoms with Gasteiger partial charge >= 0.3 is 0 Å². The van der Waals surface area contributed by atoms with E-state index in [2.05, 4.69) is 10.5 Å². The fourth-order valence-electron chi connectivity index (χ4n) is 2.12. The highest BCUT2D eigenvalue weighted by Gasteiger charge is 2.20. The number of nitro benzene ring substituents is 1. The molecule has 2 aromatic carbocycles. The van der Waals surface area contributed by atoms with Gasteiger partial charge in [-0.25, -0.2) is 0 Å². The molecule has 0 spiro atoms. The lowest BCUT2D eigenvalue weighted by Crippen LogP contribution is -2.12. The summed E-state index contributed by atoms with van der Waals surface area (Å²) in [6.07, 6.45) is 0. The molecule has 26 heavy (non-hydrogen) atoms. The van der Waals surface area contributed by atoms with Crippen LogP contribution in [0.3, 0.4) is 0 Å². The highest BCUT2D eigenvalue weighted by Crippen LogP contribution is 2.28. The van der Waals surface area contributed by atoms with E-state index in [0.29, 0.717) is 0 Å². The molecule has 0 atom stereocenters. The van der Waals surface area contributed by atoms with Crippen molar-refractivity contribution in [2.45, 2.75) is 6.61 Å². The summed E-state index contributed by atoms with van der Waals surface area (Å²) in [4.78, 5) is 22.6. The second kappa shape index (κ2) is 7.66. The Bertz CT molecular complexity index is 943. The maximum Gasteiger partial charge on any atom is 0.294 e. The molecule has 0 fully saturated rings. The van der Waals surface area contributed by atoms with Gasteiger partial charge in [0.15, 0.2) is 0 Å². The van der Waals surface area contributed by atoms with Gasteiger partial charge in [-0.15, -0.1) is 0 Å². The summed E-state index contributed by atoms with van der Waals surface area (Å²) in [6, 6.07) is 14.5. The molecule has 3 rings (SSSR count). The Morgan fingerprint density at radius 1 is 1.23 bits per heavy atom. The molecule has 0 saturated carbocycles. The van der Waals surface area contributed by atoms with Crippen LogP contribution in [0.25, 0.3) is 0 Å². The third kappa shape index (κ3) is 4.17. The van der Waals surface area contributed by atoms with Crippen molar-refractivity contribution in [3.8, 4) is 5.88 Å². The second-order valence-corrected chi connectivity index (χ2v) is 5.61. The largest absolute Gasteiger partial charge is 0.471 e. The van der Waals surface area contributed by atoms with E-state index in [1.54, 1.807) is 0 Å². The summed E-state index contributed by atoms with van der Waals surface area (Å²) in [5, 5.41) is 17.3. The number of rotatable bonds is 6. The number of nitrogens with one attached hydrogen (secondary N) is 1. The van der Waals surface area contributed by atoms with Crippen LogP contribution in [-0.4, -0.2) is 16.0 Å². The number of carbonyl (C=O) groups is 1. The summed E-state index contributed by atoms with van der Waals surface area (Å²) >= 11 is 5.82. The third-order valence-corrected chi connectivity index (χ3v) is 3.58. The number of anilines is 1. The minimum Gasteiger partial charge on any atom is -0.471 e. The lowest BCUT2D eigenvalue weighted by Gasteiger charge is -2.04. The van der Waals surface area contributed by atoms with E-state index < -0.39 is 10.8 Å². The SMILES string of the molecule is O=C(Nc1cc(Cl)ccc1[N+](=O)[O-])c1cc(OCc2ccccc2)no1. The van der Waals surface area contributed by atoms with Crippen LogP contribution in [0, 0.1) is 10.1 Å². The van der Waals surface area contributed by atoms with Crippen molar-refractivity contribution in [3.05, 3.63) is 81.1 Å². The summed E-state index contributed by atoms with van der Waals surface area (Å²) in [6.45, 7) is 0.258. The zero-order chi connectivity index (χ0) is 18.5. The van der Waals surface area contributed by atoms with Gasteiger partial charge in [-0.3, -0.25) is 14.9 Å². The molecule has 0 unspecified atom stereocenters. The van der Waals surface area contributed by atoms with Crippen molar-refractivity contribution in [1.29, 1.82) is 0 Å². The molecule has 1 amide bonds. The van der Waals surface area contributed by atoms with Crippen LogP contribution in [0.15, 0.2) is 59.1 Å². The van der Waals surface area contributed by atoms with Gasteiger partial charge in [0.05, 0.1) is 11.0 Å². The Morgan fingerprint density at radius 3 is 2.73 bits per heavy atom. The van der Waals surface area contributed by atoms with Crippen LogP contribution >= 0.6 is 11.6 Å². The van der Waals surface area contributed by atoms with Crippen molar-refractivity contribution >= 4 is 28.9 Å². The van der Waals surface area contributed by atoms with Gasteiger partial charge in [0.1, 0.15) is 12.3 Å². The molecule has 9 heteroatoms. The molecule has 132 valence electrons. The number of nitro groups is 1. The first kappa shape index (κ1) is 17.4. The molecule has 0 saturated heterocycles. The number of halogens is 1. The Morgan fingerprint density at radius 2 is 2.00 bits per heavy atom. The first-order valence-corrected chi connectivity index (χ1v) is 7.79. The van der Waals surface area contributed by atoms with E-state index in [1.165, 1.54) is 24.3 Å². The van der Waals surface area contributed by atoms with Gasteiger partial charge in [0, 0.05) is 11.1 Å². The Kier molecular flexibility index (Phi) is 5.14. The second-order valence-electron chi connectivity index (χ2n) is 5.18. The molecule has 0 aliphatic rings. The van der Waals surface area contributed by atoms with Crippen molar-refractivity contribution in [2.24, 2.45) is 0 Å². The maximum absolute atomic E-state index is 12.2. The van der Waals surface area contributed by atoms with E-state index in [9.17, 15) is 14.9 Å². The van der Waals surface area contributed by atoms with Crippen LogP contribution in [0.2, 0.25) is 5.02 Å². The minimum absolute atomic E-state index is 0.0457. The van der Waals surface area contributed by atoms with Gasteiger partial charge in [-0.1, -0.05) is 41.9 Å². The quantitative estimate of drug-likeness (QED) is 0.515. The standard InChI is InChI=1S/C17H12ClN3O5/c18-12-6-7-14(21(23)24)13(8-12)19-17(22)15-9-16(20-26-15)25-10-11-4-2-1-3-5-11/h1-9H,10H2,(H,19,22). The van der Waals surface area contributed by atoms with Gasteiger partial charge in [-0.05, 0) is 22.9 Å². The highest BCUT2D eigenvalue weighted by molar-refractivity contribution is 6.31. The summed E-state index contributed by atoms with van der Waals surface area (Å²) in [5.74, 6) is -0.737. The Hall–Kier alpha value is -3.39. The molecule has 8 nitrogen and oxygen atoms in total. The first-order valence-electron chi connectivity index (χ1n) is 7.41. The Balaban J connectivity index is 1.69. The molecular formula is C17H12ClN3O5. The molecule has 0 aliphatic carbocycles. The molecule has 1 heterocycles. The lowest BCUT2D eigenvalue weighted by molar-refractivity contribution is -0.383. The number of nitrogens with zero attached hydrogens (tertiary/aromatic N) is 2. The summed E-state index contributed by atoms with van der Waals surface area (Å²) < 4.78 is 10.4. The number of hydrogen-bond donors (Lipinski definition) is 1. The number of amides is 1. The van der Waals surface area contributed by atoms with Gasteiger partial charge < -0.3 is 14.6 Å². The fraction of sp³-hybridized carbons (Fsp3) is 0.0588. The van der Waals surface area contributed by atoms with Crippen LogP contribution < -0.4 is 10.1 Å². The molecule has 1 aromatic heterocycles. The number of hydrogen-bond acceptors (Lipinski definition) is 6. The fourth-order valence-corrected chi connectivity index (χ4v) is 2.29. The van der Waals surface area contributed by atoms with E-state index in [-0.39, 0.29) is 34.6 Å². The lowest BCUT2D eigenvalue weighted by atomic mass is 10.2. The molecule has 0 aliphatic heterocycles. The molecule has 0 radical (unpaired) electrons. The van der Waals surface area contributed by atoms with Crippen molar-refractivity contribution in [3.63, 3.8) is 0 Å². The van der Waals surface area contributed by atoms with Crippen LogP contribution in [-0.2, 0) is 6.61 Å². The van der Waals surface area contributed by atoms with Crippen molar-refractivity contribution in [2.75, 3.05) is 5.32 Å². The average Bonchev–Trinajstić information content (AvgIpc) is 3.10. The maximum atomic E-state index is 12.2. The third-order valence-electron chi connectivity index (χ3n) is 3.35. The highest BCUT2D eigenvalue weighted by atomic mass is 35.5. The zero-order valence-corrected chi connectivity index (χ0v) is 14.0. The monoisotopic (exact) mass is 373 g/mol. The number of ether oxygens (including phenoxy) is 1. The normalized spacial score (nSPS) is 10.3. The Labute approximate surface area is 152 Å². The number of aromatic nitrogens is 1. The van der Waals surface area contributed by atoms with E-state index >= 15 is 0 Å². The molecule has 3 aromatic rings. The van der Waals surface area contributed by atoms with Crippen LogP contribution in [0.1, 0.15) is 16.1 Å². The van der Waals surface area contributed by atoms with Crippen molar-refractivity contribution < 1.29 is 19.0 Å². The molecule has 1 N–H and O–H groups in total. The van der Waals surface area contributed by atoms with Crippen LogP contribution in [0.5, 0.6) is 5.88 Å². The number of benzene rings is 2. The van der Waals surface area contributed by atoms with Crippen LogP contribution in [0.4, 0.5) is 11.4 Å². The van der Waals surface area contributed by atoms with Gasteiger partial charge in [-0.2, -0.15) is 0 Å². The van der Waals surface area contributed by atoms with E-state index in [0.717, 1.165) is 5.56 Å². The predicted molar refractivity (Wildman–Crippen MR) is 93.3 cm³/mol. The van der Waals surface area contributed by atoms with E-state index in [1.807, 2.05) is 30.3 Å². The topological polar surface area (TPSA) is 108 Å². The van der Waals surface area contributed by atoms with E-state index in [4.69, 9.17) is 20.9 Å². The van der Waals surface area contributed by atoms with Gasteiger partial charge in [0.2, 0.25) is 5.76 Å².